The van der Waals surface area contributed by atoms with Crippen molar-refractivity contribution in [2.45, 2.75) is 46.8 Å². The lowest BCUT2D eigenvalue weighted by atomic mass is 10.1. The van der Waals surface area contributed by atoms with Crippen molar-refractivity contribution in [3.8, 4) is 11.4 Å². The predicted molar refractivity (Wildman–Crippen MR) is 130 cm³/mol. The summed E-state index contributed by atoms with van der Waals surface area (Å²) >= 11 is 5.68. The van der Waals surface area contributed by atoms with Gasteiger partial charge in [0.15, 0.2) is 20.4 Å². The molecule has 0 amide bonds. The van der Waals surface area contributed by atoms with E-state index in [1.54, 1.807) is 0 Å². The molecule has 9 heteroatoms. The van der Waals surface area contributed by atoms with Crippen molar-refractivity contribution in [1.82, 2.24) is 19.2 Å². The fraction of sp³-hybridized carbons (Fsp3) is 0.636. The lowest BCUT2D eigenvalue weighted by molar-refractivity contribution is 0.137. The van der Waals surface area contributed by atoms with Crippen LogP contribution in [0.15, 0.2) is 24.3 Å². The van der Waals surface area contributed by atoms with Crippen LogP contribution in [0.3, 0.4) is 0 Å². The Morgan fingerprint density at radius 2 is 1.84 bits per heavy atom. The number of aromatic nitrogens is 3. The highest BCUT2D eigenvalue weighted by atomic mass is 32.2. The van der Waals surface area contributed by atoms with Crippen LogP contribution in [0.1, 0.15) is 34.1 Å². The summed E-state index contributed by atoms with van der Waals surface area (Å²) in [4.78, 5) is 4.53. The van der Waals surface area contributed by atoms with Gasteiger partial charge >= 0.3 is 0 Å². The molecule has 0 saturated carbocycles. The molecule has 3 rings (SSSR count). The van der Waals surface area contributed by atoms with Crippen molar-refractivity contribution in [2.75, 3.05) is 36.0 Å². The zero-order valence-electron chi connectivity index (χ0n) is 19.3. The van der Waals surface area contributed by atoms with Gasteiger partial charge in [-0.05, 0) is 62.7 Å². The van der Waals surface area contributed by atoms with E-state index >= 15 is 0 Å². The SMILES string of the molecule is CCN(CC)c1ccc(-c2nn(CN(CC(C)C)C3CCS(=O)(=O)C3)c(=S)n2C)cc1. The van der Waals surface area contributed by atoms with Gasteiger partial charge in [0.05, 0.1) is 18.2 Å². The molecule has 1 unspecified atom stereocenters. The Morgan fingerprint density at radius 1 is 1.19 bits per heavy atom. The minimum atomic E-state index is -2.95. The van der Waals surface area contributed by atoms with Crippen molar-refractivity contribution >= 4 is 27.7 Å². The van der Waals surface area contributed by atoms with E-state index in [0.717, 1.165) is 31.0 Å². The maximum atomic E-state index is 12.0. The average molecular weight is 466 g/mol. The highest BCUT2D eigenvalue weighted by molar-refractivity contribution is 7.91. The number of sulfone groups is 1. The van der Waals surface area contributed by atoms with Gasteiger partial charge in [-0.2, -0.15) is 5.10 Å². The number of anilines is 1. The highest BCUT2D eigenvalue weighted by Gasteiger charge is 2.33. The van der Waals surface area contributed by atoms with Crippen molar-refractivity contribution in [1.29, 1.82) is 0 Å². The molecule has 1 aliphatic rings. The predicted octanol–water partition coefficient (Wildman–Crippen LogP) is 3.57. The summed E-state index contributed by atoms with van der Waals surface area (Å²) < 4.78 is 28.5. The molecule has 1 aromatic carbocycles. The van der Waals surface area contributed by atoms with Crippen LogP contribution in [0.25, 0.3) is 11.4 Å². The van der Waals surface area contributed by atoms with Gasteiger partial charge in [0.1, 0.15) is 0 Å². The van der Waals surface area contributed by atoms with E-state index in [9.17, 15) is 8.42 Å². The number of benzene rings is 1. The molecule has 1 aromatic heterocycles. The molecule has 1 fully saturated rings. The fourth-order valence-corrected chi connectivity index (χ4v) is 6.21. The highest BCUT2D eigenvalue weighted by Crippen LogP contribution is 2.24. The zero-order chi connectivity index (χ0) is 22.8. The molecule has 1 aliphatic heterocycles. The quantitative estimate of drug-likeness (QED) is 0.528. The third-order valence-electron chi connectivity index (χ3n) is 5.94. The summed E-state index contributed by atoms with van der Waals surface area (Å²) in [7, 11) is -1.01. The Bertz CT molecular complexity index is 1040. The topological polar surface area (TPSA) is 63.4 Å². The molecule has 2 heterocycles. The van der Waals surface area contributed by atoms with Gasteiger partial charge in [0.25, 0.3) is 0 Å². The van der Waals surface area contributed by atoms with Gasteiger partial charge in [-0.25, -0.2) is 13.1 Å². The summed E-state index contributed by atoms with van der Waals surface area (Å²) in [5.74, 6) is 1.73. The summed E-state index contributed by atoms with van der Waals surface area (Å²) in [6, 6.07) is 8.44. The van der Waals surface area contributed by atoms with Crippen LogP contribution in [0, 0.1) is 10.7 Å². The largest absolute Gasteiger partial charge is 0.372 e. The molecule has 31 heavy (non-hydrogen) atoms. The Hall–Kier alpha value is -1.71. The van der Waals surface area contributed by atoms with E-state index < -0.39 is 9.84 Å². The minimum Gasteiger partial charge on any atom is -0.372 e. The molecule has 1 saturated heterocycles. The van der Waals surface area contributed by atoms with Crippen LogP contribution in [0.2, 0.25) is 0 Å². The first-order valence-corrected chi connectivity index (χ1v) is 13.3. The number of hydrogen-bond acceptors (Lipinski definition) is 6. The van der Waals surface area contributed by atoms with E-state index in [1.807, 2.05) is 16.3 Å². The zero-order valence-corrected chi connectivity index (χ0v) is 20.9. The second-order valence-electron chi connectivity index (χ2n) is 8.75. The van der Waals surface area contributed by atoms with Gasteiger partial charge in [-0.15, -0.1) is 0 Å². The van der Waals surface area contributed by atoms with Crippen molar-refractivity contribution in [3.63, 3.8) is 0 Å². The van der Waals surface area contributed by atoms with Crippen LogP contribution in [0.4, 0.5) is 5.69 Å². The second kappa shape index (κ2) is 9.83. The number of hydrogen-bond donors (Lipinski definition) is 0. The normalized spacial score (nSPS) is 18.2. The van der Waals surface area contributed by atoms with Crippen LogP contribution in [-0.2, 0) is 23.6 Å². The van der Waals surface area contributed by atoms with Crippen molar-refractivity contribution < 1.29 is 8.42 Å². The second-order valence-corrected chi connectivity index (χ2v) is 11.3. The molecule has 7 nitrogen and oxygen atoms in total. The summed E-state index contributed by atoms with van der Waals surface area (Å²) in [6.45, 7) is 11.9. The molecule has 0 bridgehead atoms. The van der Waals surface area contributed by atoms with Crippen LogP contribution in [0.5, 0.6) is 0 Å². The maximum absolute atomic E-state index is 12.0. The molecule has 0 spiro atoms. The van der Waals surface area contributed by atoms with Gasteiger partial charge in [-0.1, -0.05) is 13.8 Å². The summed E-state index contributed by atoms with van der Waals surface area (Å²) in [6.07, 6.45) is 0.675. The first-order valence-electron chi connectivity index (χ1n) is 11.1. The van der Waals surface area contributed by atoms with Gasteiger partial charge in [0.2, 0.25) is 0 Å². The molecule has 1 atom stereocenters. The Balaban J connectivity index is 1.86. The lowest BCUT2D eigenvalue weighted by Gasteiger charge is -2.29. The van der Waals surface area contributed by atoms with E-state index in [-0.39, 0.29) is 17.5 Å². The standard InChI is InChI=1S/C22H35N5O2S2/c1-6-25(7-2)19-10-8-18(9-11-19)21-23-27(22(30)24(21)5)16-26(14-17(3)4)20-12-13-31(28,29)15-20/h8-11,17,20H,6-7,12-16H2,1-5H3. The van der Waals surface area contributed by atoms with Crippen molar-refractivity contribution in [2.24, 2.45) is 13.0 Å². The molecular weight excluding hydrogens is 430 g/mol. The third kappa shape index (κ3) is 5.56. The van der Waals surface area contributed by atoms with Crippen LogP contribution < -0.4 is 4.90 Å². The molecule has 172 valence electrons. The molecule has 0 N–H and O–H groups in total. The van der Waals surface area contributed by atoms with Crippen LogP contribution >= 0.6 is 12.2 Å². The summed E-state index contributed by atoms with van der Waals surface area (Å²) in [5, 5.41) is 4.82. The van der Waals surface area contributed by atoms with Gasteiger partial charge < -0.3 is 9.47 Å². The molecule has 0 radical (unpaired) electrons. The van der Waals surface area contributed by atoms with E-state index in [0.29, 0.717) is 23.8 Å². The smallest absolute Gasteiger partial charge is 0.199 e. The fourth-order valence-electron chi connectivity index (χ4n) is 4.27. The minimum absolute atomic E-state index is 0.0214. The number of rotatable bonds is 9. The maximum Gasteiger partial charge on any atom is 0.199 e. The summed E-state index contributed by atoms with van der Waals surface area (Å²) in [5.41, 5.74) is 2.21. The third-order valence-corrected chi connectivity index (χ3v) is 8.17. The first-order chi connectivity index (χ1) is 14.6. The monoisotopic (exact) mass is 465 g/mol. The lowest BCUT2D eigenvalue weighted by Crippen LogP contribution is -2.40. The average Bonchev–Trinajstić information content (AvgIpc) is 3.22. The molecule has 2 aromatic rings. The molecule has 0 aliphatic carbocycles. The van der Waals surface area contributed by atoms with E-state index in [4.69, 9.17) is 17.3 Å². The van der Waals surface area contributed by atoms with E-state index in [2.05, 4.69) is 61.8 Å². The van der Waals surface area contributed by atoms with E-state index in [1.165, 1.54) is 5.69 Å². The Morgan fingerprint density at radius 3 is 2.35 bits per heavy atom. The first kappa shape index (κ1) is 23.9. The van der Waals surface area contributed by atoms with Gasteiger partial charge in [0, 0.05) is 44.0 Å². The van der Waals surface area contributed by atoms with Crippen LogP contribution in [-0.4, -0.2) is 64.8 Å². The van der Waals surface area contributed by atoms with Gasteiger partial charge in [-0.3, -0.25) is 4.90 Å². The molecular formula is C22H35N5O2S2. The number of nitrogens with zero attached hydrogens (tertiary/aromatic N) is 5. The van der Waals surface area contributed by atoms with Crippen molar-refractivity contribution in [3.05, 3.63) is 29.0 Å². The Kier molecular flexibility index (Phi) is 7.59. The Labute approximate surface area is 191 Å².